The lowest BCUT2D eigenvalue weighted by Crippen LogP contribution is -2.43. The number of likely N-dealkylation sites (tertiary alicyclic amines) is 1. The number of piperidine rings is 1. The van der Waals surface area contributed by atoms with E-state index in [1.54, 1.807) is 12.0 Å². The van der Waals surface area contributed by atoms with Crippen LogP contribution in [0.1, 0.15) is 55.2 Å². The van der Waals surface area contributed by atoms with Crippen LogP contribution < -0.4 is 5.32 Å². The Hall–Kier alpha value is -1.41. The molecule has 140 valence electrons. The zero-order valence-corrected chi connectivity index (χ0v) is 16.7. The Morgan fingerprint density at radius 1 is 1.40 bits per heavy atom. The average Bonchev–Trinajstić information content (AvgIpc) is 2.99. The van der Waals surface area contributed by atoms with Gasteiger partial charge in [-0.3, -0.25) is 14.7 Å². The van der Waals surface area contributed by atoms with Crippen molar-refractivity contribution in [3.8, 4) is 0 Å². The van der Waals surface area contributed by atoms with Crippen LogP contribution in [0.15, 0.2) is 4.47 Å². The van der Waals surface area contributed by atoms with Crippen molar-refractivity contribution < 1.29 is 14.3 Å². The zero-order chi connectivity index (χ0) is 18.4. The van der Waals surface area contributed by atoms with Gasteiger partial charge in [-0.2, -0.15) is 5.10 Å². The first-order valence-corrected chi connectivity index (χ1v) is 9.54. The fourth-order valence-electron chi connectivity index (χ4n) is 2.93. The molecule has 1 aromatic heterocycles. The molecular weight excluding hydrogens is 388 g/mol. The summed E-state index contributed by atoms with van der Waals surface area (Å²) in [4.78, 5) is 26.6. The van der Waals surface area contributed by atoms with Crippen LogP contribution in [0.2, 0.25) is 0 Å². The lowest BCUT2D eigenvalue weighted by atomic mass is 9.95. The van der Waals surface area contributed by atoms with E-state index < -0.39 is 0 Å². The number of nitrogens with one attached hydrogen (secondary N) is 2. The third kappa shape index (κ3) is 5.04. The predicted molar refractivity (Wildman–Crippen MR) is 98.5 cm³/mol. The van der Waals surface area contributed by atoms with Crippen molar-refractivity contribution in [3.63, 3.8) is 0 Å². The summed E-state index contributed by atoms with van der Waals surface area (Å²) in [6.07, 6.45) is 2.17. The third-order valence-corrected chi connectivity index (χ3v) is 5.29. The van der Waals surface area contributed by atoms with Gasteiger partial charge < -0.3 is 15.0 Å². The van der Waals surface area contributed by atoms with Crippen LogP contribution in [0.4, 0.5) is 0 Å². The van der Waals surface area contributed by atoms with Crippen molar-refractivity contribution in [1.29, 1.82) is 0 Å². The van der Waals surface area contributed by atoms with Gasteiger partial charge in [-0.1, -0.05) is 13.8 Å². The van der Waals surface area contributed by atoms with E-state index in [4.69, 9.17) is 4.74 Å². The number of amides is 2. The van der Waals surface area contributed by atoms with Gasteiger partial charge >= 0.3 is 0 Å². The summed E-state index contributed by atoms with van der Waals surface area (Å²) in [5.41, 5.74) is 1.35. The van der Waals surface area contributed by atoms with Gasteiger partial charge in [0.05, 0.1) is 10.2 Å². The maximum absolute atomic E-state index is 12.7. The highest BCUT2D eigenvalue weighted by atomic mass is 79.9. The van der Waals surface area contributed by atoms with E-state index >= 15 is 0 Å². The van der Waals surface area contributed by atoms with Crippen LogP contribution in [0, 0.1) is 5.92 Å². The van der Waals surface area contributed by atoms with Crippen molar-refractivity contribution in [2.45, 2.75) is 39.0 Å². The Kier molecular flexibility index (Phi) is 7.43. The molecule has 0 bridgehead atoms. The second-order valence-corrected chi connectivity index (χ2v) is 7.45. The summed E-state index contributed by atoms with van der Waals surface area (Å²) >= 11 is 3.48. The molecule has 0 aromatic carbocycles. The van der Waals surface area contributed by atoms with Gasteiger partial charge in [-0.05, 0) is 41.1 Å². The molecule has 8 heteroatoms. The van der Waals surface area contributed by atoms with E-state index in [0.717, 1.165) is 16.6 Å². The SMILES string of the molecule is COCCCNC(=O)C1CCN(C(=O)c2n[nH]c(C(C)C)c2Br)CC1. The molecule has 25 heavy (non-hydrogen) atoms. The zero-order valence-electron chi connectivity index (χ0n) is 15.1. The van der Waals surface area contributed by atoms with Crippen molar-refractivity contribution in [1.82, 2.24) is 20.4 Å². The molecule has 0 aliphatic carbocycles. The molecule has 1 aliphatic heterocycles. The van der Waals surface area contributed by atoms with E-state index in [1.807, 2.05) is 13.8 Å². The number of methoxy groups -OCH3 is 1. The first-order chi connectivity index (χ1) is 12.0. The molecule has 1 aliphatic rings. The van der Waals surface area contributed by atoms with Crippen molar-refractivity contribution >= 4 is 27.7 Å². The molecule has 7 nitrogen and oxygen atoms in total. The largest absolute Gasteiger partial charge is 0.385 e. The summed E-state index contributed by atoms with van der Waals surface area (Å²) < 4.78 is 5.71. The van der Waals surface area contributed by atoms with Crippen LogP contribution in [0.5, 0.6) is 0 Å². The molecule has 1 saturated heterocycles. The van der Waals surface area contributed by atoms with Crippen molar-refractivity contribution in [2.75, 3.05) is 33.4 Å². The molecule has 2 amide bonds. The number of H-pyrrole nitrogens is 1. The number of aromatic nitrogens is 2. The Balaban J connectivity index is 1.85. The quantitative estimate of drug-likeness (QED) is 0.669. The molecule has 0 atom stereocenters. The Morgan fingerprint density at radius 3 is 2.64 bits per heavy atom. The Labute approximate surface area is 157 Å². The number of nitrogens with zero attached hydrogens (tertiary/aromatic N) is 2. The van der Waals surface area contributed by atoms with Crippen LogP contribution >= 0.6 is 15.9 Å². The molecule has 0 saturated carbocycles. The minimum atomic E-state index is -0.0889. The molecule has 1 aromatic rings. The van der Waals surface area contributed by atoms with E-state index in [9.17, 15) is 9.59 Å². The second-order valence-electron chi connectivity index (χ2n) is 6.66. The fraction of sp³-hybridized carbons (Fsp3) is 0.706. The molecule has 2 heterocycles. The lowest BCUT2D eigenvalue weighted by Gasteiger charge is -2.31. The molecule has 2 rings (SSSR count). The fourth-order valence-corrected chi connectivity index (χ4v) is 3.74. The molecule has 1 fully saturated rings. The van der Waals surface area contributed by atoms with Gasteiger partial charge in [-0.25, -0.2) is 0 Å². The highest BCUT2D eigenvalue weighted by Crippen LogP contribution is 2.27. The second kappa shape index (κ2) is 9.33. The Morgan fingerprint density at radius 2 is 2.08 bits per heavy atom. The monoisotopic (exact) mass is 414 g/mol. The average molecular weight is 415 g/mol. The summed E-state index contributed by atoms with van der Waals surface area (Å²) in [5, 5.41) is 10.0. The number of rotatable bonds is 7. The predicted octanol–water partition coefficient (Wildman–Crippen LogP) is 2.30. The van der Waals surface area contributed by atoms with Gasteiger partial charge in [0, 0.05) is 39.3 Å². The van der Waals surface area contributed by atoms with Crippen molar-refractivity contribution in [2.24, 2.45) is 5.92 Å². The smallest absolute Gasteiger partial charge is 0.275 e. The minimum Gasteiger partial charge on any atom is -0.385 e. The highest BCUT2D eigenvalue weighted by molar-refractivity contribution is 9.10. The van der Waals surface area contributed by atoms with Crippen molar-refractivity contribution in [3.05, 3.63) is 15.9 Å². The first-order valence-electron chi connectivity index (χ1n) is 8.75. The molecular formula is C17H27BrN4O3. The number of carbonyl (C=O) groups excluding carboxylic acids is 2. The number of ether oxygens (including phenoxy) is 1. The van der Waals surface area contributed by atoms with E-state index in [-0.39, 0.29) is 23.7 Å². The van der Waals surface area contributed by atoms with E-state index in [1.165, 1.54) is 0 Å². The summed E-state index contributed by atoms with van der Waals surface area (Å²) in [5.74, 6) is 0.219. The van der Waals surface area contributed by atoms with E-state index in [2.05, 4.69) is 31.4 Å². The van der Waals surface area contributed by atoms with Crippen LogP contribution in [-0.4, -0.2) is 60.3 Å². The molecule has 2 N–H and O–H groups in total. The van der Waals surface area contributed by atoms with Crippen LogP contribution in [-0.2, 0) is 9.53 Å². The van der Waals surface area contributed by atoms with Crippen LogP contribution in [0.3, 0.4) is 0 Å². The van der Waals surface area contributed by atoms with Gasteiger partial charge in [0.15, 0.2) is 5.69 Å². The van der Waals surface area contributed by atoms with Gasteiger partial charge in [0.1, 0.15) is 0 Å². The topological polar surface area (TPSA) is 87.3 Å². The number of halogens is 1. The molecule has 0 radical (unpaired) electrons. The number of hydrogen-bond acceptors (Lipinski definition) is 4. The van der Waals surface area contributed by atoms with Gasteiger partial charge in [0.25, 0.3) is 5.91 Å². The standard InChI is InChI=1S/C17H27BrN4O3/c1-11(2)14-13(18)15(21-20-14)17(24)22-8-5-12(6-9-22)16(23)19-7-4-10-25-3/h11-12H,4-10H2,1-3H3,(H,19,23)(H,20,21). The lowest BCUT2D eigenvalue weighted by molar-refractivity contribution is -0.126. The van der Waals surface area contributed by atoms with Gasteiger partial charge in [-0.15, -0.1) is 0 Å². The van der Waals surface area contributed by atoms with Gasteiger partial charge in [0.2, 0.25) is 5.91 Å². The summed E-state index contributed by atoms with van der Waals surface area (Å²) in [7, 11) is 1.65. The Bertz CT molecular complexity index is 595. The maximum atomic E-state index is 12.7. The summed E-state index contributed by atoms with van der Waals surface area (Å²) in [6, 6.07) is 0. The number of hydrogen-bond donors (Lipinski definition) is 2. The number of aromatic amines is 1. The summed E-state index contributed by atoms with van der Waals surface area (Å²) in [6.45, 7) is 6.51. The third-order valence-electron chi connectivity index (χ3n) is 4.49. The number of carbonyl (C=O) groups is 2. The van der Waals surface area contributed by atoms with Crippen LogP contribution in [0.25, 0.3) is 0 Å². The molecule has 0 spiro atoms. The highest BCUT2D eigenvalue weighted by Gasteiger charge is 2.30. The maximum Gasteiger partial charge on any atom is 0.275 e. The minimum absolute atomic E-state index is 0.0274. The first kappa shape index (κ1) is 19.9. The molecule has 0 unspecified atom stereocenters. The normalized spacial score (nSPS) is 15.6. The van der Waals surface area contributed by atoms with E-state index in [0.29, 0.717) is 44.8 Å².